The zero-order valence-corrected chi connectivity index (χ0v) is 16.0. The van der Waals surface area contributed by atoms with Gasteiger partial charge in [0.2, 0.25) is 0 Å². The molecular formula is C19H23NO5S. The predicted molar refractivity (Wildman–Crippen MR) is 97.7 cm³/mol. The van der Waals surface area contributed by atoms with E-state index in [2.05, 4.69) is 0 Å². The van der Waals surface area contributed by atoms with Gasteiger partial charge < -0.3 is 19.1 Å². The summed E-state index contributed by atoms with van der Waals surface area (Å²) in [6, 6.07) is 3.91. The molecule has 0 radical (unpaired) electrons. The van der Waals surface area contributed by atoms with Gasteiger partial charge in [0.1, 0.15) is 0 Å². The van der Waals surface area contributed by atoms with Crippen molar-refractivity contribution in [3.05, 3.63) is 45.4 Å². The molecule has 0 saturated carbocycles. The van der Waals surface area contributed by atoms with Crippen LogP contribution in [0.15, 0.2) is 35.7 Å². The summed E-state index contributed by atoms with van der Waals surface area (Å²) in [4.78, 5) is 28.8. The quantitative estimate of drug-likeness (QED) is 0.735. The van der Waals surface area contributed by atoms with Crippen LogP contribution in [0.5, 0.6) is 0 Å². The molecule has 0 unspecified atom stereocenters. The fraction of sp³-hybridized carbons (Fsp3) is 0.474. The molecule has 0 bridgehead atoms. The van der Waals surface area contributed by atoms with Crippen LogP contribution in [0.3, 0.4) is 0 Å². The van der Waals surface area contributed by atoms with Crippen LogP contribution in [0.2, 0.25) is 0 Å². The van der Waals surface area contributed by atoms with Gasteiger partial charge in [0.15, 0.2) is 0 Å². The maximum absolute atomic E-state index is 12.5. The van der Waals surface area contributed by atoms with Crippen LogP contribution < -0.4 is 0 Å². The molecule has 3 heterocycles. The number of carbonyl (C=O) groups excluding carboxylic acids is 2. The molecule has 2 aliphatic heterocycles. The lowest BCUT2D eigenvalue weighted by Gasteiger charge is -2.30. The summed E-state index contributed by atoms with van der Waals surface area (Å²) in [5.74, 6) is -1.39. The third kappa shape index (κ3) is 3.83. The highest BCUT2D eigenvalue weighted by molar-refractivity contribution is 7.12. The smallest absolute Gasteiger partial charge is 0.336 e. The summed E-state index contributed by atoms with van der Waals surface area (Å²) in [6.45, 7) is 3.32. The zero-order valence-electron chi connectivity index (χ0n) is 15.2. The Morgan fingerprint density at radius 3 is 2.31 bits per heavy atom. The molecule has 2 aliphatic rings. The summed E-state index contributed by atoms with van der Waals surface area (Å²) >= 11 is 1.55. The van der Waals surface area contributed by atoms with Crippen molar-refractivity contribution in [2.24, 2.45) is 0 Å². The Balaban J connectivity index is 2.00. The fourth-order valence-corrected chi connectivity index (χ4v) is 4.35. The summed E-state index contributed by atoms with van der Waals surface area (Å²) in [7, 11) is 2.70. The Morgan fingerprint density at radius 2 is 1.85 bits per heavy atom. The second kappa shape index (κ2) is 8.05. The third-order valence-electron chi connectivity index (χ3n) is 4.56. The van der Waals surface area contributed by atoms with E-state index < -0.39 is 17.9 Å². The largest absolute Gasteiger partial charge is 0.466 e. The van der Waals surface area contributed by atoms with Gasteiger partial charge in [-0.05, 0) is 31.9 Å². The molecule has 6 nitrogen and oxygen atoms in total. The molecule has 0 spiro atoms. The first kappa shape index (κ1) is 18.7. The van der Waals surface area contributed by atoms with Crippen molar-refractivity contribution < 1.29 is 23.8 Å². The normalized spacial score (nSPS) is 20.6. The van der Waals surface area contributed by atoms with Crippen molar-refractivity contribution in [2.45, 2.75) is 31.8 Å². The van der Waals surface area contributed by atoms with Crippen molar-refractivity contribution in [1.82, 2.24) is 4.90 Å². The fourth-order valence-electron chi connectivity index (χ4n) is 3.33. The minimum atomic E-state index is -0.491. The molecule has 140 valence electrons. The van der Waals surface area contributed by atoms with Crippen LogP contribution in [0.25, 0.3) is 0 Å². The van der Waals surface area contributed by atoms with Crippen LogP contribution in [0.4, 0.5) is 0 Å². The van der Waals surface area contributed by atoms with Gasteiger partial charge in [0.05, 0.1) is 37.4 Å². The highest BCUT2D eigenvalue weighted by Gasteiger charge is 2.36. The Morgan fingerprint density at radius 1 is 1.19 bits per heavy atom. The lowest BCUT2D eigenvalue weighted by molar-refractivity contribution is -0.137. The van der Waals surface area contributed by atoms with Gasteiger partial charge >= 0.3 is 11.9 Å². The average Bonchev–Trinajstić information content (AvgIpc) is 3.31. The SMILES string of the molecule is COC(=O)C1=CN(C[C@@H]2CCCO2)C=C(C(=O)OC)C1c1ccc(C)s1. The molecule has 7 heteroatoms. The maximum atomic E-state index is 12.5. The maximum Gasteiger partial charge on any atom is 0.336 e. The highest BCUT2D eigenvalue weighted by atomic mass is 32.1. The minimum Gasteiger partial charge on any atom is -0.466 e. The molecule has 1 saturated heterocycles. The van der Waals surface area contributed by atoms with Crippen LogP contribution in [0, 0.1) is 6.92 Å². The Kier molecular flexibility index (Phi) is 5.78. The van der Waals surface area contributed by atoms with E-state index >= 15 is 0 Å². The Labute approximate surface area is 157 Å². The molecular weight excluding hydrogens is 354 g/mol. The summed E-state index contributed by atoms with van der Waals surface area (Å²) < 4.78 is 15.7. The summed E-state index contributed by atoms with van der Waals surface area (Å²) in [6.07, 6.45) is 5.60. The van der Waals surface area contributed by atoms with E-state index in [9.17, 15) is 9.59 Å². The molecule has 0 amide bonds. The van der Waals surface area contributed by atoms with E-state index in [4.69, 9.17) is 14.2 Å². The first-order chi connectivity index (χ1) is 12.5. The van der Waals surface area contributed by atoms with E-state index in [1.807, 2.05) is 24.0 Å². The van der Waals surface area contributed by atoms with Crippen molar-refractivity contribution in [2.75, 3.05) is 27.4 Å². The van der Waals surface area contributed by atoms with E-state index in [0.29, 0.717) is 17.7 Å². The third-order valence-corrected chi connectivity index (χ3v) is 5.62. The monoisotopic (exact) mass is 377 g/mol. The topological polar surface area (TPSA) is 65.1 Å². The number of carbonyl (C=O) groups is 2. The van der Waals surface area contributed by atoms with E-state index in [0.717, 1.165) is 29.2 Å². The lowest BCUT2D eigenvalue weighted by Crippen LogP contribution is -2.32. The standard InChI is InChI=1S/C19H23NO5S/c1-12-6-7-16(26-12)17-14(18(21)23-2)10-20(9-13-5-4-8-25-13)11-15(17)19(22)24-3/h6-7,10-11,13,17H,4-5,8-9H2,1-3H3/t13-/m0/s1. The van der Waals surface area contributed by atoms with Gasteiger partial charge in [-0.25, -0.2) is 9.59 Å². The number of hydrogen-bond donors (Lipinski definition) is 0. The molecule has 0 aromatic carbocycles. The molecule has 0 N–H and O–H groups in total. The van der Waals surface area contributed by atoms with Gasteiger partial charge in [-0.3, -0.25) is 0 Å². The van der Waals surface area contributed by atoms with Gasteiger partial charge in [-0.2, -0.15) is 0 Å². The number of methoxy groups -OCH3 is 2. The second-order valence-electron chi connectivity index (χ2n) is 6.37. The number of ether oxygens (including phenoxy) is 3. The van der Waals surface area contributed by atoms with E-state index in [1.165, 1.54) is 14.2 Å². The second-order valence-corrected chi connectivity index (χ2v) is 7.68. The van der Waals surface area contributed by atoms with Gasteiger partial charge in [-0.1, -0.05) is 0 Å². The number of thiophene rings is 1. The number of nitrogens with zero attached hydrogens (tertiary/aromatic N) is 1. The summed E-state index contributed by atoms with van der Waals surface area (Å²) in [5, 5.41) is 0. The molecule has 1 aromatic heterocycles. The number of rotatable bonds is 5. The van der Waals surface area contributed by atoms with Crippen LogP contribution in [-0.4, -0.2) is 50.3 Å². The van der Waals surface area contributed by atoms with Crippen LogP contribution >= 0.6 is 11.3 Å². The molecule has 1 fully saturated rings. The molecule has 1 aromatic rings. The highest BCUT2D eigenvalue weighted by Crippen LogP contribution is 2.40. The molecule has 0 aliphatic carbocycles. The van der Waals surface area contributed by atoms with E-state index in [1.54, 1.807) is 23.7 Å². The number of hydrogen-bond acceptors (Lipinski definition) is 7. The summed E-state index contributed by atoms with van der Waals surface area (Å²) in [5.41, 5.74) is 0.852. The molecule has 1 atom stereocenters. The number of aryl methyl sites for hydroxylation is 1. The number of esters is 2. The zero-order chi connectivity index (χ0) is 18.7. The van der Waals surface area contributed by atoms with Gasteiger partial charge in [0, 0.05) is 35.3 Å². The van der Waals surface area contributed by atoms with Crippen molar-refractivity contribution in [1.29, 1.82) is 0 Å². The molecule has 3 rings (SSSR count). The van der Waals surface area contributed by atoms with Crippen molar-refractivity contribution in [3.63, 3.8) is 0 Å². The predicted octanol–water partition coefficient (Wildman–Crippen LogP) is 2.75. The Hall–Kier alpha value is -2.12. The van der Waals surface area contributed by atoms with Crippen LogP contribution in [0.1, 0.15) is 28.5 Å². The van der Waals surface area contributed by atoms with Crippen molar-refractivity contribution >= 4 is 23.3 Å². The van der Waals surface area contributed by atoms with E-state index in [-0.39, 0.29) is 6.10 Å². The minimum absolute atomic E-state index is 0.0841. The van der Waals surface area contributed by atoms with Crippen molar-refractivity contribution in [3.8, 4) is 0 Å². The first-order valence-corrected chi connectivity index (χ1v) is 9.39. The average molecular weight is 377 g/mol. The molecule has 26 heavy (non-hydrogen) atoms. The first-order valence-electron chi connectivity index (χ1n) is 8.57. The Bertz CT molecular complexity index is 711. The van der Waals surface area contributed by atoms with Gasteiger partial charge in [-0.15, -0.1) is 11.3 Å². The lowest BCUT2D eigenvalue weighted by atomic mass is 9.88. The van der Waals surface area contributed by atoms with Gasteiger partial charge in [0.25, 0.3) is 0 Å². The van der Waals surface area contributed by atoms with Crippen LogP contribution in [-0.2, 0) is 23.8 Å².